The molecule has 1 aliphatic carbocycles. The van der Waals surface area contributed by atoms with Crippen LogP contribution in [0, 0.1) is 18.8 Å². The number of nitrogens with two attached hydrogens (primary N) is 1. The van der Waals surface area contributed by atoms with Crippen LogP contribution in [0.4, 0.5) is 0 Å². The zero-order valence-corrected chi connectivity index (χ0v) is 13.7. The van der Waals surface area contributed by atoms with Gasteiger partial charge >= 0.3 is 0 Å². The van der Waals surface area contributed by atoms with Crippen LogP contribution in [0.25, 0.3) is 0 Å². The Kier molecular flexibility index (Phi) is 5.41. The van der Waals surface area contributed by atoms with E-state index < -0.39 is 10.0 Å². The monoisotopic (exact) mass is 310 g/mol. The molecule has 0 radical (unpaired) electrons. The zero-order chi connectivity index (χ0) is 15.5. The summed E-state index contributed by atoms with van der Waals surface area (Å²) in [7, 11) is -3.42. The highest BCUT2D eigenvalue weighted by Gasteiger charge is 2.23. The maximum Gasteiger partial charge on any atom is 0.240 e. The van der Waals surface area contributed by atoms with Crippen molar-refractivity contribution >= 4 is 10.0 Å². The third-order valence-electron chi connectivity index (χ3n) is 4.67. The smallest absolute Gasteiger partial charge is 0.240 e. The standard InChI is InChI=1S/C16H26N2O2S/c1-12-5-3-4-6-15(12)11-18-21(19,20)16-8-7-14(10-17)13(2)9-16/h7-9,12,15,18H,3-6,10-11,17H2,1-2H3. The topological polar surface area (TPSA) is 72.2 Å². The molecule has 0 saturated heterocycles. The first-order valence-electron chi connectivity index (χ1n) is 7.73. The normalized spacial score (nSPS) is 23.2. The molecule has 0 aromatic heterocycles. The predicted molar refractivity (Wildman–Crippen MR) is 85.4 cm³/mol. The molecule has 1 aliphatic rings. The lowest BCUT2D eigenvalue weighted by atomic mass is 9.81. The molecule has 5 heteroatoms. The van der Waals surface area contributed by atoms with Crippen molar-refractivity contribution in [3.05, 3.63) is 29.3 Å². The molecule has 118 valence electrons. The zero-order valence-electron chi connectivity index (χ0n) is 12.9. The summed E-state index contributed by atoms with van der Waals surface area (Å²) < 4.78 is 27.6. The van der Waals surface area contributed by atoms with Crippen molar-refractivity contribution in [3.63, 3.8) is 0 Å². The van der Waals surface area contributed by atoms with E-state index in [4.69, 9.17) is 5.73 Å². The molecular weight excluding hydrogens is 284 g/mol. The Labute approximate surface area is 128 Å². The van der Waals surface area contributed by atoms with Crippen LogP contribution in [-0.2, 0) is 16.6 Å². The Morgan fingerprint density at radius 1 is 1.29 bits per heavy atom. The van der Waals surface area contributed by atoms with Gasteiger partial charge in [-0.05, 0) is 48.4 Å². The van der Waals surface area contributed by atoms with E-state index in [1.54, 1.807) is 18.2 Å². The van der Waals surface area contributed by atoms with Crippen molar-refractivity contribution in [2.24, 2.45) is 17.6 Å². The third-order valence-corrected chi connectivity index (χ3v) is 6.09. The molecule has 2 unspecified atom stereocenters. The Morgan fingerprint density at radius 2 is 2.00 bits per heavy atom. The number of benzene rings is 1. The number of hydrogen-bond donors (Lipinski definition) is 2. The van der Waals surface area contributed by atoms with Gasteiger partial charge in [-0.15, -0.1) is 0 Å². The van der Waals surface area contributed by atoms with Crippen molar-refractivity contribution < 1.29 is 8.42 Å². The van der Waals surface area contributed by atoms with Crippen LogP contribution in [0.3, 0.4) is 0 Å². The molecule has 1 aromatic rings. The van der Waals surface area contributed by atoms with Crippen LogP contribution in [-0.4, -0.2) is 15.0 Å². The number of rotatable bonds is 5. The first kappa shape index (κ1) is 16.5. The summed E-state index contributed by atoms with van der Waals surface area (Å²) >= 11 is 0. The van der Waals surface area contributed by atoms with E-state index in [1.807, 2.05) is 6.92 Å². The molecule has 0 heterocycles. The van der Waals surface area contributed by atoms with E-state index in [1.165, 1.54) is 19.3 Å². The Morgan fingerprint density at radius 3 is 2.62 bits per heavy atom. The summed E-state index contributed by atoms with van der Waals surface area (Å²) in [5, 5.41) is 0. The molecule has 4 nitrogen and oxygen atoms in total. The minimum atomic E-state index is -3.42. The molecule has 2 rings (SSSR count). The van der Waals surface area contributed by atoms with Crippen molar-refractivity contribution in [2.75, 3.05) is 6.54 Å². The van der Waals surface area contributed by atoms with Gasteiger partial charge in [-0.2, -0.15) is 0 Å². The predicted octanol–water partition coefficient (Wildman–Crippen LogP) is 2.56. The fourth-order valence-electron chi connectivity index (χ4n) is 3.06. The summed E-state index contributed by atoms with van der Waals surface area (Å²) in [6, 6.07) is 5.14. The molecule has 0 aliphatic heterocycles. The SMILES string of the molecule is Cc1cc(S(=O)(=O)NCC2CCCCC2C)ccc1CN. The van der Waals surface area contributed by atoms with E-state index in [-0.39, 0.29) is 0 Å². The molecule has 3 N–H and O–H groups in total. The van der Waals surface area contributed by atoms with E-state index in [2.05, 4.69) is 11.6 Å². The molecule has 21 heavy (non-hydrogen) atoms. The maximum absolute atomic E-state index is 12.4. The van der Waals surface area contributed by atoms with Gasteiger partial charge in [0.2, 0.25) is 10.0 Å². The average molecular weight is 310 g/mol. The second kappa shape index (κ2) is 6.90. The van der Waals surface area contributed by atoms with Crippen LogP contribution < -0.4 is 10.5 Å². The summed E-state index contributed by atoms with van der Waals surface area (Å²) in [6.45, 7) is 5.09. The van der Waals surface area contributed by atoms with E-state index in [0.717, 1.165) is 17.5 Å². The van der Waals surface area contributed by atoms with E-state index in [9.17, 15) is 8.42 Å². The minimum Gasteiger partial charge on any atom is -0.326 e. The Hall–Kier alpha value is -0.910. The van der Waals surface area contributed by atoms with Gasteiger partial charge in [-0.3, -0.25) is 0 Å². The summed E-state index contributed by atoms with van der Waals surface area (Å²) in [4.78, 5) is 0.334. The average Bonchev–Trinajstić information content (AvgIpc) is 2.46. The third kappa shape index (κ3) is 4.05. The number of sulfonamides is 1. The van der Waals surface area contributed by atoms with E-state index in [0.29, 0.717) is 29.8 Å². The Bertz CT molecular complexity index is 584. The van der Waals surface area contributed by atoms with Crippen molar-refractivity contribution in [1.82, 2.24) is 4.72 Å². The molecule has 1 saturated carbocycles. The van der Waals surface area contributed by atoms with Gasteiger partial charge in [0.15, 0.2) is 0 Å². The van der Waals surface area contributed by atoms with Gasteiger partial charge in [-0.25, -0.2) is 13.1 Å². The highest BCUT2D eigenvalue weighted by Crippen LogP contribution is 2.29. The van der Waals surface area contributed by atoms with Crippen LogP contribution >= 0.6 is 0 Å². The van der Waals surface area contributed by atoms with Crippen LogP contribution in [0.5, 0.6) is 0 Å². The molecule has 0 bridgehead atoms. The molecule has 0 amide bonds. The summed E-state index contributed by atoms with van der Waals surface area (Å²) in [5.74, 6) is 1.06. The van der Waals surface area contributed by atoms with Crippen molar-refractivity contribution in [1.29, 1.82) is 0 Å². The molecule has 0 spiro atoms. The second-order valence-corrected chi connectivity index (χ2v) is 7.93. The van der Waals surface area contributed by atoms with Crippen LogP contribution in [0.2, 0.25) is 0 Å². The summed E-state index contributed by atoms with van der Waals surface area (Å²) in [5.41, 5.74) is 7.52. The van der Waals surface area contributed by atoms with Gasteiger partial charge in [-0.1, -0.05) is 32.3 Å². The lowest BCUT2D eigenvalue weighted by Crippen LogP contribution is -2.33. The fraction of sp³-hybridized carbons (Fsp3) is 0.625. The molecule has 1 fully saturated rings. The maximum atomic E-state index is 12.4. The number of nitrogens with one attached hydrogen (secondary N) is 1. The first-order chi connectivity index (χ1) is 9.94. The Balaban J connectivity index is 2.06. The van der Waals surface area contributed by atoms with Gasteiger partial charge < -0.3 is 5.73 Å². The molecular formula is C16H26N2O2S. The van der Waals surface area contributed by atoms with Gasteiger partial charge in [0.25, 0.3) is 0 Å². The molecule has 1 aromatic carbocycles. The summed E-state index contributed by atoms with van der Waals surface area (Å²) in [6.07, 6.45) is 4.80. The fourth-order valence-corrected chi connectivity index (χ4v) is 4.24. The second-order valence-electron chi connectivity index (χ2n) is 6.17. The van der Waals surface area contributed by atoms with Crippen LogP contribution in [0.1, 0.15) is 43.7 Å². The molecule has 2 atom stereocenters. The van der Waals surface area contributed by atoms with Gasteiger partial charge in [0.05, 0.1) is 4.90 Å². The number of hydrogen-bond acceptors (Lipinski definition) is 3. The highest BCUT2D eigenvalue weighted by molar-refractivity contribution is 7.89. The van der Waals surface area contributed by atoms with Gasteiger partial charge in [0, 0.05) is 13.1 Å². The number of aryl methyl sites for hydroxylation is 1. The highest BCUT2D eigenvalue weighted by atomic mass is 32.2. The van der Waals surface area contributed by atoms with Crippen LogP contribution in [0.15, 0.2) is 23.1 Å². The lowest BCUT2D eigenvalue weighted by molar-refractivity contribution is 0.257. The lowest BCUT2D eigenvalue weighted by Gasteiger charge is -2.28. The first-order valence-corrected chi connectivity index (χ1v) is 9.21. The largest absolute Gasteiger partial charge is 0.326 e. The van der Waals surface area contributed by atoms with Crippen molar-refractivity contribution in [2.45, 2.75) is 51.0 Å². The van der Waals surface area contributed by atoms with E-state index >= 15 is 0 Å². The minimum absolute atomic E-state index is 0.334. The van der Waals surface area contributed by atoms with Gasteiger partial charge in [0.1, 0.15) is 0 Å². The van der Waals surface area contributed by atoms with Crippen molar-refractivity contribution in [3.8, 4) is 0 Å². The quantitative estimate of drug-likeness (QED) is 0.878.